The van der Waals surface area contributed by atoms with Crippen LogP contribution in [0.2, 0.25) is 0 Å². The van der Waals surface area contributed by atoms with Crippen molar-refractivity contribution in [2.45, 2.75) is 33.3 Å². The average Bonchev–Trinajstić information content (AvgIpc) is 2.75. The second-order valence-corrected chi connectivity index (χ2v) is 7.89. The molecule has 2 aromatic carbocycles. The second kappa shape index (κ2) is 10.3. The van der Waals surface area contributed by atoms with Crippen molar-refractivity contribution in [2.24, 2.45) is 0 Å². The molecule has 1 atom stereocenters. The van der Waals surface area contributed by atoms with Crippen molar-refractivity contribution in [2.75, 3.05) is 38.0 Å². The molecule has 160 valence electrons. The first-order valence-corrected chi connectivity index (χ1v) is 10.7. The van der Waals surface area contributed by atoms with Crippen molar-refractivity contribution in [3.8, 4) is 5.75 Å². The third kappa shape index (κ3) is 5.60. The number of carbonyl (C=O) groups excluding carboxylic acids is 2. The number of anilines is 1. The lowest BCUT2D eigenvalue weighted by atomic mass is 10.1. The third-order valence-electron chi connectivity index (χ3n) is 5.61. The Morgan fingerprint density at radius 3 is 2.27 bits per heavy atom. The third-order valence-corrected chi connectivity index (χ3v) is 5.61. The number of hydrogen-bond donors (Lipinski definition) is 2. The number of quaternary nitrogens is 1. The Labute approximate surface area is 178 Å². The maximum absolute atomic E-state index is 12.9. The van der Waals surface area contributed by atoms with E-state index >= 15 is 0 Å². The van der Waals surface area contributed by atoms with Gasteiger partial charge in [-0.05, 0) is 43.5 Å². The van der Waals surface area contributed by atoms with Crippen molar-refractivity contribution in [3.63, 3.8) is 0 Å². The van der Waals surface area contributed by atoms with E-state index in [-0.39, 0.29) is 11.8 Å². The van der Waals surface area contributed by atoms with Crippen LogP contribution in [0.15, 0.2) is 48.5 Å². The van der Waals surface area contributed by atoms with Crippen LogP contribution < -0.4 is 15.0 Å². The molecule has 6 heteroatoms. The molecule has 1 aliphatic heterocycles. The van der Waals surface area contributed by atoms with Crippen LogP contribution in [0.3, 0.4) is 0 Å². The standard InChI is InChI=1S/C24H31N3O3/c1-4-21(30-20-11-6-5-7-12-20)24(29)27-15-13-26(14-16-27)17-22(28)25-23-18(2)9-8-10-19(23)3/h5-12,21H,4,13-17H2,1-3H3,(H,25,28)/p+1/t21-/m1/s1. The summed E-state index contributed by atoms with van der Waals surface area (Å²) in [5.74, 6) is 0.756. The molecule has 0 saturated carbocycles. The quantitative estimate of drug-likeness (QED) is 0.732. The molecule has 6 nitrogen and oxygen atoms in total. The first-order valence-electron chi connectivity index (χ1n) is 10.7. The highest BCUT2D eigenvalue weighted by Crippen LogP contribution is 2.19. The zero-order chi connectivity index (χ0) is 21.5. The van der Waals surface area contributed by atoms with Gasteiger partial charge in [-0.15, -0.1) is 0 Å². The summed E-state index contributed by atoms with van der Waals surface area (Å²) in [6, 6.07) is 15.5. The van der Waals surface area contributed by atoms with Gasteiger partial charge in [0, 0.05) is 5.69 Å². The Morgan fingerprint density at radius 1 is 1.03 bits per heavy atom. The Bertz CT molecular complexity index is 841. The van der Waals surface area contributed by atoms with Gasteiger partial charge >= 0.3 is 0 Å². The summed E-state index contributed by atoms with van der Waals surface area (Å²) in [7, 11) is 0. The van der Waals surface area contributed by atoms with Gasteiger partial charge in [-0.3, -0.25) is 9.59 Å². The van der Waals surface area contributed by atoms with Crippen LogP contribution in [-0.4, -0.2) is 55.5 Å². The molecule has 1 heterocycles. The van der Waals surface area contributed by atoms with Gasteiger partial charge in [0.25, 0.3) is 11.8 Å². The monoisotopic (exact) mass is 410 g/mol. The molecule has 30 heavy (non-hydrogen) atoms. The predicted molar refractivity (Wildman–Crippen MR) is 118 cm³/mol. The van der Waals surface area contributed by atoms with Crippen molar-refractivity contribution < 1.29 is 19.2 Å². The van der Waals surface area contributed by atoms with Gasteiger partial charge in [0.15, 0.2) is 12.6 Å². The lowest BCUT2D eigenvalue weighted by Gasteiger charge is -2.33. The summed E-state index contributed by atoms with van der Waals surface area (Å²) in [6.07, 6.45) is 0.153. The molecule has 2 amide bonds. The highest BCUT2D eigenvalue weighted by atomic mass is 16.5. The van der Waals surface area contributed by atoms with E-state index in [2.05, 4.69) is 5.32 Å². The summed E-state index contributed by atoms with van der Waals surface area (Å²) in [6.45, 7) is 9.17. The zero-order valence-electron chi connectivity index (χ0n) is 18.1. The number of benzene rings is 2. The lowest BCUT2D eigenvalue weighted by molar-refractivity contribution is -0.895. The molecule has 0 unspecified atom stereocenters. The number of para-hydroxylation sites is 2. The highest BCUT2D eigenvalue weighted by Gasteiger charge is 2.30. The Morgan fingerprint density at radius 2 is 1.67 bits per heavy atom. The molecule has 1 saturated heterocycles. The van der Waals surface area contributed by atoms with E-state index < -0.39 is 6.10 Å². The minimum absolute atomic E-state index is 0.0148. The number of piperazine rings is 1. The Hall–Kier alpha value is -2.86. The maximum Gasteiger partial charge on any atom is 0.279 e. The van der Waals surface area contributed by atoms with Crippen LogP contribution in [-0.2, 0) is 9.59 Å². The highest BCUT2D eigenvalue weighted by molar-refractivity contribution is 5.93. The van der Waals surface area contributed by atoms with Crippen molar-refractivity contribution in [1.82, 2.24) is 4.90 Å². The van der Waals surface area contributed by atoms with Gasteiger partial charge in [0.1, 0.15) is 5.75 Å². The molecule has 0 spiro atoms. The number of nitrogens with one attached hydrogen (secondary N) is 2. The predicted octanol–water partition coefficient (Wildman–Crippen LogP) is 1.83. The molecule has 1 fully saturated rings. The lowest BCUT2D eigenvalue weighted by Crippen LogP contribution is -3.15. The number of ether oxygens (including phenoxy) is 1. The molecule has 2 N–H and O–H groups in total. The Kier molecular flexibility index (Phi) is 7.46. The Balaban J connectivity index is 1.49. The molecule has 0 aromatic heterocycles. The normalized spacial score (nSPS) is 15.5. The van der Waals surface area contributed by atoms with Gasteiger partial charge in [-0.25, -0.2) is 0 Å². The van der Waals surface area contributed by atoms with Gasteiger partial charge in [0.05, 0.1) is 26.2 Å². The summed E-state index contributed by atoms with van der Waals surface area (Å²) in [4.78, 5) is 28.5. The number of amides is 2. The van der Waals surface area contributed by atoms with E-state index in [9.17, 15) is 9.59 Å². The maximum atomic E-state index is 12.9. The van der Waals surface area contributed by atoms with Crippen molar-refractivity contribution in [1.29, 1.82) is 0 Å². The van der Waals surface area contributed by atoms with E-state index in [0.717, 1.165) is 29.9 Å². The van der Waals surface area contributed by atoms with Crippen LogP contribution in [0.4, 0.5) is 5.69 Å². The number of carbonyl (C=O) groups is 2. The average molecular weight is 411 g/mol. The van der Waals surface area contributed by atoms with E-state index in [4.69, 9.17) is 4.74 Å². The van der Waals surface area contributed by atoms with Gasteiger partial charge in [0.2, 0.25) is 0 Å². The van der Waals surface area contributed by atoms with Crippen LogP contribution in [0, 0.1) is 13.8 Å². The number of rotatable bonds is 7. The smallest absolute Gasteiger partial charge is 0.279 e. The molecular formula is C24H32N3O3+. The van der Waals surface area contributed by atoms with Crippen LogP contribution in [0.5, 0.6) is 5.75 Å². The fraction of sp³-hybridized carbons (Fsp3) is 0.417. The molecule has 0 aliphatic carbocycles. The molecule has 0 bridgehead atoms. The largest absolute Gasteiger partial charge is 0.481 e. The minimum Gasteiger partial charge on any atom is -0.481 e. The summed E-state index contributed by atoms with van der Waals surface area (Å²) in [5.41, 5.74) is 3.04. The van der Waals surface area contributed by atoms with E-state index in [1.807, 2.05) is 74.2 Å². The van der Waals surface area contributed by atoms with Crippen LogP contribution in [0.25, 0.3) is 0 Å². The zero-order valence-corrected chi connectivity index (χ0v) is 18.1. The fourth-order valence-electron chi connectivity index (χ4n) is 3.82. The fourth-order valence-corrected chi connectivity index (χ4v) is 3.82. The van der Waals surface area contributed by atoms with Crippen molar-refractivity contribution in [3.05, 3.63) is 59.7 Å². The van der Waals surface area contributed by atoms with Crippen molar-refractivity contribution >= 4 is 17.5 Å². The molecule has 1 aliphatic rings. The molecule has 2 aromatic rings. The second-order valence-electron chi connectivity index (χ2n) is 7.89. The first kappa shape index (κ1) is 21.8. The summed E-state index contributed by atoms with van der Waals surface area (Å²) < 4.78 is 5.90. The van der Waals surface area contributed by atoms with Gasteiger partial charge < -0.3 is 19.9 Å². The topological polar surface area (TPSA) is 63.1 Å². The SMILES string of the molecule is CC[C@@H](Oc1ccccc1)C(=O)N1CC[NH+](CC(=O)Nc2c(C)cccc2C)CC1. The molecular weight excluding hydrogens is 378 g/mol. The molecule has 3 rings (SSSR count). The van der Waals surface area contributed by atoms with Crippen LogP contribution in [0.1, 0.15) is 24.5 Å². The number of hydrogen-bond acceptors (Lipinski definition) is 3. The van der Waals surface area contributed by atoms with E-state index in [1.54, 1.807) is 0 Å². The van der Waals surface area contributed by atoms with E-state index in [1.165, 1.54) is 4.90 Å². The van der Waals surface area contributed by atoms with Crippen LogP contribution >= 0.6 is 0 Å². The van der Waals surface area contributed by atoms with Gasteiger partial charge in [-0.2, -0.15) is 0 Å². The van der Waals surface area contributed by atoms with E-state index in [0.29, 0.717) is 31.8 Å². The minimum atomic E-state index is -0.471. The summed E-state index contributed by atoms with van der Waals surface area (Å²) in [5, 5.41) is 3.05. The molecule has 0 radical (unpaired) electrons. The number of aryl methyl sites for hydroxylation is 2. The van der Waals surface area contributed by atoms with Gasteiger partial charge in [-0.1, -0.05) is 43.3 Å². The number of nitrogens with zero attached hydrogens (tertiary/aromatic N) is 1. The summed E-state index contributed by atoms with van der Waals surface area (Å²) >= 11 is 0. The first-order chi connectivity index (χ1) is 14.5.